The Hall–Kier alpha value is -1.84. The molecule has 1 fully saturated rings. The summed E-state index contributed by atoms with van der Waals surface area (Å²) in [6.45, 7) is 3.05. The van der Waals surface area contributed by atoms with Crippen LogP contribution < -0.4 is 0 Å². The van der Waals surface area contributed by atoms with Crippen LogP contribution in [0.2, 0.25) is 0 Å². The van der Waals surface area contributed by atoms with Gasteiger partial charge in [-0.2, -0.15) is 0 Å². The Balaban J connectivity index is 1.81. The Morgan fingerprint density at radius 3 is 2.45 bits per heavy atom. The first-order chi connectivity index (χ1) is 9.60. The third kappa shape index (κ3) is 3.59. The Labute approximate surface area is 119 Å². The van der Waals surface area contributed by atoms with Gasteiger partial charge in [0.05, 0.1) is 5.92 Å². The minimum Gasteiger partial charge on any atom is -0.481 e. The van der Waals surface area contributed by atoms with Gasteiger partial charge in [0.2, 0.25) is 5.91 Å². The van der Waals surface area contributed by atoms with E-state index in [0.717, 1.165) is 18.4 Å². The highest BCUT2D eigenvalue weighted by atomic mass is 16.4. The third-order valence-corrected chi connectivity index (χ3v) is 3.95. The van der Waals surface area contributed by atoms with Crippen LogP contribution in [0, 0.1) is 5.92 Å². The second-order valence-corrected chi connectivity index (χ2v) is 5.33. The highest BCUT2D eigenvalue weighted by Crippen LogP contribution is 2.18. The van der Waals surface area contributed by atoms with Crippen LogP contribution in [0.4, 0.5) is 0 Å². The number of hydrogen-bond acceptors (Lipinski definition) is 2. The summed E-state index contributed by atoms with van der Waals surface area (Å²) in [5.41, 5.74) is 2.45. The van der Waals surface area contributed by atoms with Gasteiger partial charge in [-0.25, -0.2) is 0 Å². The van der Waals surface area contributed by atoms with Crippen molar-refractivity contribution in [1.29, 1.82) is 0 Å². The molecule has 1 atom stereocenters. The summed E-state index contributed by atoms with van der Waals surface area (Å²) in [4.78, 5) is 24.6. The molecule has 0 radical (unpaired) electrons. The van der Waals surface area contributed by atoms with E-state index in [2.05, 4.69) is 31.2 Å². The fraction of sp³-hybridized carbons (Fsp3) is 0.500. The fourth-order valence-corrected chi connectivity index (χ4v) is 2.54. The van der Waals surface area contributed by atoms with E-state index < -0.39 is 5.97 Å². The van der Waals surface area contributed by atoms with Gasteiger partial charge in [-0.1, -0.05) is 31.2 Å². The first-order valence-corrected chi connectivity index (χ1v) is 7.18. The first-order valence-electron chi connectivity index (χ1n) is 7.18. The molecule has 0 spiro atoms. The number of hydrogen-bond donors (Lipinski definition) is 1. The molecule has 4 heteroatoms. The topological polar surface area (TPSA) is 57.6 Å². The number of carboxylic acid groups (broad SMARTS) is 1. The summed E-state index contributed by atoms with van der Waals surface area (Å²) < 4.78 is 0. The van der Waals surface area contributed by atoms with Gasteiger partial charge in [0, 0.05) is 19.5 Å². The van der Waals surface area contributed by atoms with Gasteiger partial charge in [-0.3, -0.25) is 9.59 Å². The molecule has 0 aromatic heterocycles. The van der Waals surface area contributed by atoms with Crippen LogP contribution >= 0.6 is 0 Å². The lowest BCUT2D eigenvalue weighted by Crippen LogP contribution is -2.30. The molecule has 0 aliphatic carbocycles. The van der Waals surface area contributed by atoms with Crippen molar-refractivity contribution in [2.75, 3.05) is 13.1 Å². The number of aryl methyl sites for hydroxylation is 2. The molecule has 20 heavy (non-hydrogen) atoms. The second-order valence-electron chi connectivity index (χ2n) is 5.33. The first kappa shape index (κ1) is 14.6. The van der Waals surface area contributed by atoms with Gasteiger partial charge in [0.1, 0.15) is 0 Å². The van der Waals surface area contributed by atoms with Crippen LogP contribution in [0.5, 0.6) is 0 Å². The quantitative estimate of drug-likeness (QED) is 0.895. The maximum Gasteiger partial charge on any atom is 0.308 e. The predicted molar refractivity (Wildman–Crippen MR) is 76.5 cm³/mol. The minimum absolute atomic E-state index is 0.0633. The largest absolute Gasteiger partial charge is 0.481 e. The lowest BCUT2D eigenvalue weighted by molar-refractivity contribution is -0.141. The van der Waals surface area contributed by atoms with E-state index in [1.54, 1.807) is 4.90 Å². The lowest BCUT2D eigenvalue weighted by Gasteiger charge is -2.15. The molecule has 1 aromatic rings. The second kappa shape index (κ2) is 6.55. The Bertz CT molecular complexity index is 481. The third-order valence-electron chi connectivity index (χ3n) is 3.95. The van der Waals surface area contributed by atoms with Crippen LogP contribution in [0.15, 0.2) is 24.3 Å². The SMILES string of the molecule is CCc1ccc(CCC(=O)N2CCC(C(=O)O)C2)cc1. The molecule has 1 aromatic carbocycles. The smallest absolute Gasteiger partial charge is 0.308 e. The summed E-state index contributed by atoms with van der Waals surface area (Å²) in [5, 5.41) is 8.93. The van der Waals surface area contributed by atoms with Crippen LogP contribution in [-0.2, 0) is 22.4 Å². The van der Waals surface area contributed by atoms with E-state index in [-0.39, 0.29) is 11.8 Å². The van der Waals surface area contributed by atoms with Gasteiger partial charge >= 0.3 is 5.97 Å². The highest BCUT2D eigenvalue weighted by Gasteiger charge is 2.30. The van der Waals surface area contributed by atoms with E-state index in [4.69, 9.17) is 5.11 Å². The van der Waals surface area contributed by atoms with Crippen molar-refractivity contribution in [2.24, 2.45) is 5.92 Å². The fourth-order valence-electron chi connectivity index (χ4n) is 2.54. The van der Waals surface area contributed by atoms with Crippen LogP contribution in [0.1, 0.15) is 30.9 Å². The molecule has 2 rings (SSSR count). The number of aliphatic carboxylic acids is 1. The van der Waals surface area contributed by atoms with Crippen molar-refractivity contribution in [2.45, 2.75) is 32.6 Å². The number of carboxylic acids is 1. The molecule has 4 nitrogen and oxygen atoms in total. The van der Waals surface area contributed by atoms with E-state index in [0.29, 0.717) is 25.9 Å². The molecule has 0 saturated carbocycles. The number of likely N-dealkylation sites (tertiary alicyclic amines) is 1. The molecule has 108 valence electrons. The zero-order chi connectivity index (χ0) is 14.5. The molecular weight excluding hydrogens is 254 g/mol. The average Bonchev–Trinajstić information content (AvgIpc) is 2.95. The maximum atomic E-state index is 12.0. The van der Waals surface area contributed by atoms with Crippen molar-refractivity contribution >= 4 is 11.9 Å². The minimum atomic E-state index is -0.796. The Morgan fingerprint density at radius 1 is 1.25 bits per heavy atom. The maximum absolute atomic E-state index is 12.0. The van der Waals surface area contributed by atoms with Crippen molar-refractivity contribution in [3.8, 4) is 0 Å². The van der Waals surface area contributed by atoms with Gasteiger partial charge in [0.25, 0.3) is 0 Å². The Kier molecular flexibility index (Phi) is 4.77. The number of carbonyl (C=O) groups is 2. The predicted octanol–water partition coefficient (Wildman–Crippen LogP) is 2.11. The molecule has 1 saturated heterocycles. The molecule has 1 amide bonds. The number of benzene rings is 1. The average molecular weight is 275 g/mol. The van der Waals surface area contributed by atoms with Gasteiger partial charge in [-0.05, 0) is 30.4 Å². The zero-order valence-corrected chi connectivity index (χ0v) is 11.8. The standard InChI is InChI=1S/C16H21NO3/c1-2-12-3-5-13(6-4-12)7-8-15(18)17-10-9-14(11-17)16(19)20/h3-6,14H,2,7-11H2,1H3,(H,19,20). The van der Waals surface area contributed by atoms with Gasteiger partial charge in [-0.15, -0.1) is 0 Å². The molecule has 1 N–H and O–H groups in total. The monoisotopic (exact) mass is 275 g/mol. The van der Waals surface area contributed by atoms with E-state index in [9.17, 15) is 9.59 Å². The summed E-state index contributed by atoms with van der Waals surface area (Å²) in [5.74, 6) is -1.12. The van der Waals surface area contributed by atoms with Crippen molar-refractivity contribution in [3.63, 3.8) is 0 Å². The Morgan fingerprint density at radius 2 is 1.90 bits per heavy atom. The molecule has 1 heterocycles. The van der Waals surface area contributed by atoms with Crippen molar-refractivity contribution in [3.05, 3.63) is 35.4 Å². The summed E-state index contributed by atoms with van der Waals surface area (Å²) in [6, 6.07) is 8.32. The number of amides is 1. The van der Waals surface area contributed by atoms with Crippen LogP contribution in [0.25, 0.3) is 0 Å². The number of nitrogens with zero attached hydrogens (tertiary/aromatic N) is 1. The zero-order valence-electron chi connectivity index (χ0n) is 11.8. The molecular formula is C16H21NO3. The van der Waals surface area contributed by atoms with Crippen molar-refractivity contribution in [1.82, 2.24) is 4.90 Å². The van der Waals surface area contributed by atoms with Crippen molar-refractivity contribution < 1.29 is 14.7 Å². The molecule has 1 aliphatic heterocycles. The number of carbonyl (C=O) groups excluding carboxylic acids is 1. The molecule has 1 unspecified atom stereocenters. The highest BCUT2D eigenvalue weighted by molar-refractivity contribution is 5.78. The van der Waals surface area contributed by atoms with E-state index in [1.165, 1.54) is 5.56 Å². The molecule has 0 bridgehead atoms. The van der Waals surface area contributed by atoms with Crippen LogP contribution in [0.3, 0.4) is 0 Å². The van der Waals surface area contributed by atoms with E-state index >= 15 is 0 Å². The van der Waals surface area contributed by atoms with Crippen LogP contribution in [-0.4, -0.2) is 35.0 Å². The van der Waals surface area contributed by atoms with E-state index in [1.807, 2.05) is 0 Å². The van der Waals surface area contributed by atoms with Gasteiger partial charge in [0.15, 0.2) is 0 Å². The summed E-state index contributed by atoms with van der Waals surface area (Å²) >= 11 is 0. The number of rotatable bonds is 5. The lowest BCUT2D eigenvalue weighted by atomic mass is 10.1. The normalized spacial score (nSPS) is 18.2. The summed E-state index contributed by atoms with van der Waals surface area (Å²) in [7, 11) is 0. The van der Waals surface area contributed by atoms with Gasteiger partial charge < -0.3 is 10.0 Å². The molecule has 1 aliphatic rings. The summed E-state index contributed by atoms with van der Waals surface area (Å²) in [6.07, 6.45) is 2.77.